The van der Waals surface area contributed by atoms with Crippen LogP contribution >= 0.6 is 12.1 Å². The number of rotatable bonds is 6. The Balaban J connectivity index is 2.48. The van der Waals surface area contributed by atoms with Gasteiger partial charge in [0.05, 0.1) is 0 Å². The number of halogens is 1. The summed E-state index contributed by atoms with van der Waals surface area (Å²) in [4.78, 5) is 0. The molecule has 0 atom stereocenters. The van der Waals surface area contributed by atoms with Crippen LogP contribution in [-0.4, -0.2) is 23.0 Å². The number of nitrogens with zero attached hydrogens (tertiary/aromatic N) is 2. The molecule has 0 saturated carbocycles. The van der Waals surface area contributed by atoms with Gasteiger partial charge in [-0.25, -0.2) is 13.4 Å². The zero-order valence-corrected chi connectivity index (χ0v) is 16.7. The Morgan fingerprint density at radius 1 is 1.25 bits per heavy atom. The van der Waals surface area contributed by atoms with Gasteiger partial charge in [0.2, 0.25) is 0 Å². The first kappa shape index (κ1) is 19.3. The molecule has 0 radical (unpaired) electrons. The predicted molar refractivity (Wildman–Crippen MR) is 104 cm³/mol. The van der Waals surface area contributed by atoms with Gasteiger partial charge in [0.15, 0.2) is 0 Å². The van der Waals surface area contributed by atoms with Gasteiger partial charge in [-0.3, -0.25) is 0 Å². The molecule has 0 spiro atoms. The molecule has 1 aromatic heterocycles. The van der Waals surface area contributed by atoms with E-state index in [9.17, 15) is 4.39 Å². The lowest BCUT2D eigenvalue weighted by Crippen LogP contribution is -2.15. The van der Waals surface area contributed by atoms with E-state index in [0.717, 1.165) is 28.6 Å². The Morgan fingerprint density at radius 2 is 1.92 bits per heavy atom. The third-order valence-electron chi connectivity index (χ3n) is 3.86. The van der Waals surface area contributed by atoms with E-state index in [4.69, 9.17) is 0 Å². The molecule has 0 fully saturated rings. The van der Waals surface area contributed by atoms with Crippen molar-refractivity contribution in [3.63, 3.8) is 0 Å². The highest BCUT2D eigenvalue weighted by atomic mass is 32.2. The second-order valence-electron chi connectivity index (χ2n) is 8.11. The van der Waals surface area contributed by atoms with E-state index in [0.29, 0.717) is 6.54 Å². The molecule has 0 unspecified atom stereocenters. The van der Waals surface area contributed by atoms with Gasteiger partial charge >= 0.3 is 0 Å². The molecule has 24 heavy (non-hydrogen) atoms. The van der Waals surface area contributed by atoms with Crippen molar-refractivity contribution < 1.29 is 4.39 Å². The fourth-order valence-electron chi connectivity index (χ4n) is 2.86. The van der Waals surface area contributed by atoms with Crippen LogP contribution in [0.2, 0.25) is 0 Å². The minimum absolute atomic E-state index is 0.104. The Labute approximate surface area is 149 Å². The van der Waals surface area contributed by atoms with Crippen molar-refractivity contribution in [1.29, 1.82) is 0 Å². The molecule has 3 nitrogen and oxygen atoms in total. The van der Waals surface area contributed by atoms with Crippen LogP contribution in [-0.2, 0) is 13.1 Å². The van der Waals surface area contributed by atoms with Crippen molar-refractivity contribution in [2.45, 2.75) is 53.6 Å². The van der Waals surface area contributed by atoms with Crippen LogP contribution in [0.1, 0.15) is 51.7 Å². The van der Waals surface area contributed by atoms with Gasteiger partial charge < -0.3 is 4.57 Å². The Bertz CT molecular complexity index is 699. The maximum atomic E-state index is 14.5. The molecule has 2 aromatic rings. The van der Waals surface area contributed by atoms with E-state index in [-0.39, 0.29) is 17.2 Å². The Kier molecular flexibility index (Phi) is 6.00. The van der Waals surface area contributed by atoms with Gasteiger partial charge in [0.25, 0.3) is 0 Å². The summed E-state index contributed by atoms with van der Waals surface area (Å²) in [6.45, 7) is 12.4. The van der Waals surface area contributed by atoms with Crippen molar-refractivity contribution in [2.75, 3.05) is 14.1 Å². The summed E-state index contributed by atoms with van der Waals surface area (Å²) < 4.78 is 22.1. The molecule has 0 bridgehead atoms. The van der Waals surface area contributed by atoms with E-state index in [2.05, 4.69) is 36.3 Å². The SMILES string of the molecule is CC(C)c1cc2c(cc1F)c(CNSN(C)C)cn2CC(C)(C)C. The molecule has 0 saturated heterocycles. The molecule has 5 heteroatoms. The average Bonchev–Trinajstić information content (AvgIpc) is 2.72. The normalized spacial score (nSPS) is 12.8. The lowest BCUT2D eigenvalue weighted by Gasteiger charge is -2.20. The number of fused-ring (bicyclic) bond motifs is 1. The highest BCUT2D eigenvalue weighted by molar-refractivity contribution is 7.95. The second-order valence-corrected chi connectivity index (χ2v) is 9.31. The van der Waals surface area contributed by atoms with Crippen molar-refractivity contribution in [3.8, 4) is 0 Å². The van der Waals surface area contributed by atoms with Gasteiger partial charge in [-0.1, -0.05) is 34.6 Å². The van der Waals surface area contributed by atoms with Gasteiger partial charge in [-0.15, -0.1) is 0 Å². The summed E-state index contributed by atoms with van der Waals surface area (Å²) >= 11 is 1.55. The van der Waals surface area contributed by atoms with E-state index in [1.165, 1.54) is 0 Å². The van der Waals surface area contributed by atoms with Gasteiger partial charge in [0, 0.05) is 42.3 Å². The van der Waals surface area contributed by atoms with Crippen molar-refractivity contribution in [1.82, 2.24) is 13.6 Å². The van der Waals surface area contributed by atoms with Crippen molar-refractivity contribution in [3.05, 3.63) is 35.3 Å². The Morgan fingerprint density at radius 3 is 2.46 bits per heavy atom. The smallest absolute Gasteiger partial charge is 0.127 e. The zero-order valence-electron chi connectivity index (χ0n) is 15.9. The lowest BCUT2D eigenvalue weighted by molar-refractivity contribution is 0.349. The van der Waals surface area contributed by atoms with Gasteiger partial charge in [0.1, 0.15) is 5.82 Å². The van der Waals surface area contributed by atoms with Crippen LogP contribution in [0.5, 0.6) is 0 Å². The summed E-state index contributed by atoms with van der Waals surface area (Å²) in [5.41, 5.74) is 3.22. The third-order valence-corrected chi connectivity index (χ3v) is 4.50. The highest BCUT2D eigenvalue weighted by Crippen LogP contribution is 2.30. The molecule has 1 heterocycles. The molecular formula is C19H30FN3S. The first-order valence-electron chi connectivity index (χ1n) is 8.47. The molecular weight excluding hydrogens is 321 g/mol. The van der Waals surface area contributed by atoms with Crippen LogP contribution in [0.15, 0.2) is 18.3 Å². The molecule has 0 aliphatic carbocycles. The number of hydrogen-bond acceptors (Lipinski definition) is 3. The fourth-order valence-corrected chi connectivity index (χ4v) is 3.34. The third kappa shape index (κ3) is 4.74. The number of benzene rings is 1. The molecule has 0 aliphatic rings. The van der Waals surface area contributed by atoms with Crippen LogP contribution in [0.25, 0.3) is 10.9 Å². The zero-order chi connectivity index (χ0) is 18.1. The molecule has 0 amide bonds. The molecule has 1 aromatic carbocycles. The summed E-state index contributed by atoms with van der Waals surface area (Å²) in [5.74, 6) is 0.0748. The van der Waals surface area contributed by atoms with E-state index >= 15 is 0 Å². The Hall–Kier alpha value is -1.04. The summed E-state index contributed by atoms with van der Waals surface area (Å²) in [5, 5.41) is 1.01. The average molecular weight is 352 g/mol. The topological polar surface area (TPSA) is 20.2 Å². The quantitative estimate of drug-likeness (QED) is 0.726. The maximum Gasteiger partial charge on any atom is 0.127 e. The van der Waals surface area contributed by atoms with E-state index in [1.807, 2.05) is 38.3 Å². The van der Waals surface area contributed by atoms with Crippen molar-refractivity contribution in [2.24, 2.45) is 5.41 Å². The largest absolute Gasteiger partial charge is 0.347 e. The highest BCUT2D eigenvalue weighted by Gasteiger charge is 2.18. The van der Waals surface area contributed by atoms with Crippen LogP contribution < -0.4 is 4.72 Å². The number of aromatic nitrogens is 1. The second kappa shape index (κ2) is 7.46. The molecule has 1 N–H and O–H groups in total. The number of nitrogens with one attached hydrogen (secondary N) is 1. The van der Waals surface area contributed by atoms with Gasteiger partial charge in [-0.05, 0) is 48.7 Å². The summed E-state index contributed by atoms with van der Waals surface area (Å²) in [7, 11) is 3.99. The standard InChI is InChI=1S/C19H30FN3S/c1-13(2)15-9-18-16(8-17(15)20)14(10-21-24-22(6)7)11-23(18)12-19(3,4)5/h8-9,11,13,21H,10,12H2,1-7H3. The lowest BCUT2D eigenvalue weighted by atomic mass is 9.96. The minimum Gasteiger partial charge on any atom is -0.347 e. The number of hydrogen-bond donors (Lipinski definition) is 1. The van der Waals surface area contributed by atoms with Crippen molar-refractivity contribution >= 4 is 23.0 Å². The summed E-state index contributed by atoms with van der Waals surface area (Å²) in [6, 6.07) is 3.74. The minimum atomic E-state index is -0.104. The van der Waals surface area contributed by atoms with E-state index < -0.39 is 0 Å². The first-order valence-corrected chi connectivity index (χ1v) is 9.24. The summed E-state index contributed by atoms with van der Waals surface area (Å²) in [6.07, 6.45) is 2.17. The van der Waals surface area contributed by atoms with E-state index in [1.54, 1.807) is 18.2 Å². The monoisotopic (exact) mass is 351 g/mol. The van der Waals surface area contributed by atoms with Gasteiger partial charge in [-0.2, -0.15) is 0 Å². The van der Waals surface area contributed by atoms with Crippen LogP contribution in [0.3, 0.4) is 0 Å². The molecule has 0 aliphatic heterocycles. The predicted octanol–water partition coefficient (Wildman–Crippen LogP) is 5.16. The van der Waals surface area contributed by atoms with Crippen LogP contribution in [0.4, 0.5) is 4.39 Å². The molecule has 134 valence electrons. The first-order chi connectivity index (χ1) is 11.1. The van der Waals surface area contributed by atoms with Crippen LogP contribution in [0, 0.1) is 11.2 Å². The maximum absolute atomic E-state index is 14.5. The fraction of sp³-hybridized carbons (Fsp3) is 0.579. The molecule has 2 rings (SSSR count).